The van der Waals surface area contributed by atoms with Crippen molar-refractivity contribution >= 4 is 0 Å². The second-order valence-electron chi connectivity index (χ2n) is 6.04. The van der Waals surface area contributed by atoms with Crippen LogP contribution in [0.15, 0.2) is 24.3 Å². The van der Waals surface area contributed by atoms with Crippen LogP contribution in [0.3, 0.4) is 0 Å². The van der Waals surface area contributed by atoms with Crippen molar-refractivity contribution in [2.75, 3.05) is 19.6 Å². The summed E-state index contributed by atoms with van der Waals surface area (Å²) < 4.78 is 0. The lowest BCUT2D eigenvalue weighted by Gasteiger charge is -2.25. The van der Waals surface area contributed by atoms with Crippen molar-refractivity contribution in [2.24, 2.45) is 5.92 Å². The Kier molecular flexibility index (Phi) is 2.62. The number of hydrogen-bond acceptors (Lipinski definition) is 2. The number of rotatable bonds is 3. The van der Waals surface area contributed by atoms with Gasteiger partial charge in [-0.05, 0) is 49.4 Å². The number of hydrogen-bond donors (Lipinski definition) is 1. The quantitative estimate of drug-likeness (QED) is 0.864. The molecule has 0 bridgehead atoms. The summed E-state index contributed by atoms with van der Waals surface area (Å²) in [5.74, 6) is 1.37. The van der Waals surface area contributed by atoms with E-state index in [0.717, 1.165) is 12.5 Å². The van der Waals surface area contributed by atoms with E-state index in [2.05, 4.69) is 17.9 Å². The highest BCUT2D eigenvalue weighted by Gasteiger charge is 2.37. The molecule has 1 aliphatic heterocycles. The molecule has 0 radical (unpaired) electrons. The van der Waals surface area contributed by atoms with Crippen LogP contribution in [0.4, 0.5) is 0 Å². The maximum atomic E-state index is 9.60. The van der Waals surface area contributed by atoms with Crippen molar-refractivity contribution in [3.63, 3.8) is 0 Å². The van der Waals surface area contributed by atoms with E-state index >= 15 is 0 Å². The van der Waals surface area contributed by atoms with Crippen molar-refractivity contribution < 1.29 is 5.11 Å². The maximum absolute atomic E-state index is 9.60. The van der Waals surface area contributed by atoms with Crippen molar-refractivity contribution in [1.29, 1.82) is 0 Å². The maximum Gasteiger partial charge on any atom is 0.115 e. The van der Waals surface area contributed by atoms with Gasteiger partial charge in [-0.2, -0.15) is 0 Å². The monoisotopic (exact) mass is 231 g/mol. The number of phenolic OH excluding ortho intramolecular Hbond substituents is 1. The van der Waals surface area contributed by atoms with Gasteiger partial charge in [-0.15, -0.1) is 0 Å². The fourth-order valence-corrected chi connectivity index (χ4v) is 2.99. The van der Waals surface area contributed by atoms with E-state index < -0.39 is 0 Å². The molecule has 3 rings (SSSR count). The normalized spacial score (nSPS) is 29.7. The first-order valence-corrected chi connectivity index (χ1v) is 6.68. The smallest absolute Gasteiger partial charge is 0.115 e. The molecule has 92 valence electrons. The molecule has 1 saturated heterocycles. The summed E-state index contributed by atoms with van der Waals surface area (Å²) in [6.07, 6.45) is 4.07. The van der Waals surface area contributed by atoms with E-state index in [0.29, 0.717) is 5.75 Å². The second-order valence-corrected chi connectivity index (χ2v) is 6.04. The lowest BCUT2D eigenvalue weighted by molar-refractivity contribution is 0.304. The van der Waals surface area contributed by atoms with Crippen LogP contribution in [0.1, 0.15) is 31.7 Å². The molecule has 1 aliphatic carbocycles. The molecule has 0 spiro atoms. The van der Waals surface area contributed by atoms with E-state index in [1.165, 1.54) is 37.9 Å². The molecule has 2 nitrogen and oxygen atoms in total. The largest absolute Gasteiger partial charge is 0.508 e. The molecule has 17 heavy (non-hydrogen) atoms. The van der Waals surface area contributed by atoms with Crippen molar-refractivity contribution in [1.82, 2.24) is 4.90 Å². The number of likely N-dealkylation sites (tertiary alicyclic amines) is 1. The van der Waals surface area contributed by atoms with Crippen molar-refractivity contribution in [2.45, 2.75) is 31.6 Å². The predicted molar refractivity (Wildman–Crippen MR) is 69.2 cm³/mol. The standard InChI is InChI=1S/C15H21NO/c1-15(13-3-2-4-14(17)9-13)7-8-16(11-15)10-12-5-6-12/h2-4,9,12,17H,5-8,10-11H2,1H3/t15-/m0/s1. The van der Waals surface area contributed by atoms with Gasteiger partial charge in [-0.3, -0.25) is 0 Å². The van der Waals surface area contributed by atoms with Gasteiger partial charge in [0.15, 0.2) is 0 Å². The summed E-state index contributed by atoms with van der Waals surface area (Å²) in [5.41, 5.74) is 1.52. The highest BCUT2D eigenvalue weighted by Crippen LogP contribution is 2.38. The van der Waals surface area contributed by atoms with Gasteiger partial charge in [0.05, 0.1) is 0 Å². The summed E-state index contributed by atoms with van der Waals surface area (Å²) in [7, 11) is 0. The second kappa shape index (κ2) is 4.02. The molecule has 0 amide bonds. The van der Waals surface area contributed by atoms with E-state index in [1.807, 2.05) is 12.1 Å². The minimum atomic E-state index is 0.230. The van der Waals surface area contributed by atoms with Crippen LogP contribution in [0.25, 0.3) is 0 Å². The molecule has 0 unspecified atom stereocenters. The van der Waals surface area contributed by atoms with Crippen molar-refractivity contribution in [3.05, 3.63) is 29.8 Å². The molecular weight excluding hydrogens is 210 g/mol. The van der Waals surface area contributed by atoms with Crippen LogP contribution in [-0.4, -0.2) is 29.6 Å². The lowest BCUT2D eigenvalue weighted by Crippen LogP contribution is -2.29. The Labute approximate surface area is 103 Å². The Hall–Kier alpha value is -1.02. The topological polar surface area (TPSA) is 23.5 Å². The van der Waals surface area contributed by atoms with Crippen LogP contribution >= 0.6 is 0 Å². The molecule has 1 aromatic carbocycles. The summed E-state index contributed by atoms with van der Waals surface area (Å²) in [6, 6.07) is 7.80. The third-order valence-electron chi connectivity index (χ3n) is 4.31. The molecular formula is C15H21NO. The Morgan fingerprint density at radius 2 is 2.24 bits per heavy atom. The Bertz CT molecular complexity index is 413. The SMILES string of the molecule is C[C@]1(c2cccc(O)c2)CCN(CC2CC2)C1. The average Bonchev–Trinajstić information content (AvgIpc) is 3.02. The predicted octanol–water partition coefficient (Wildman–Crippen LogP) is 2.77. The van der Waals surface area contributed by atoms with E-state index in [9.17, 15) is 5.11 Å². The lowest BCUT2D eigenvalue weighted by atomic mass is 9.82. The van der Waals surface area contributed by atoms with Gasteiger partial charge < -0.3 is 10.0 Å². The minimum Gasteiger partial charge on any atom is -0.508 e. The van der Waals surface area contributed by atoms with Crippen LogP contribution in [0.5, 0.6) is 5.75 Å². The minimum absolute atomic E-state index is 0.230. The van der Waals surface area contributed by atoms with Gasteiger partial charge in [0, 0.05) is 18.5 Å². The number of phenols is 1. The van der Waals surface area contributed by atoms with E-state index in [1.54, 1.807) is 6.07 Å². The molecule has 0 aromatic heterocycles. The Balaban J connectivity index is 1.73. The number of nitrogens with zero attached hydrogens (tertiary/aromatic N) is 1. The van der Waals surface area contributed by atoms with Crippen LogP contribution in [-0.2, 0) is 5.41 Å². The molecule has 1 saturated carbocycles. The molecule has 1 N–H and O–H groups in total. The fourth-order valence-electron chi connectivity index (χ4n) is 2.99. The zero-order chi connectivity index (χ0) is 11.9. The van der Waals surface area contributed by atoms with Gasteiger partial charge in [0.2, 0.25) is 0 Å². The molecule has 2 heteroatoms. The highest BCUT2D eigenvalue weighted by atomic mass is 16.3. The van der Waals surface area contributed by atoms with Gasteiger partial charge in [-0.1, -0.05) is 19.1 Å². The third-order valence-corrected chi connectivity index (χ3v) is 4.31. The number of benzene rings is 1. The molecule has 2 fully saturated rings. The van der Waals surface area contributed by atoms with Gasteiger partial charge in [0.1, 0.15) is 5.75 Å². The zero-order valence-corrected chi connectivity index (χ0v) is 10.5. The van der Waals surface area contributed by atoms with Crippen LogP contribution < -0.4 is 0 Å². The summed E-state index contributed by atoms with van der Waals surface area (Å²) in [6.45, 7) is 5.97. The van der Waals surface area contributed by atoms with E-state index in [4.69, 9.17) is 0 Å². The Morgan fingerprint density at radius 1 is 1.41 bits per heavy atom. The zero-order valence-electron chi connectivity index (χ0n) is 10.5. The average molecular weight is 231 g/mol. The van der Waals surface area contributed by atoms with Crippen LogP contribution in [0.2, 0.25) is 0 Å². The first-order valence-electron chi connectivity index (χ1n) is 6.68. The molecule has 2 aliphatic rings. The Morgan fingerprint density at radius 3 is 2.94 bits per heavy atom. The molecule has 1 atom stereocenters. The van der Waals surface area contributed by atoms with E-state index in [-0.39, 0.29) is 5.41 Å². The first kappa shape index (κ1) is 11.1. The van der Waals surface area contributed by atoms with Gasteiger partial charge >= 0.3 is 0 Å². The fraction of sp³-hybridized carbons (Fsp3) is 0.600. The van der Waals surface area contributed by atoms with Crippen molar-refractivity contribution in [3.8, 4) is 5.75 Å². The molecule has 1 heterocycles. The number of aromatic hydroxyl groups is 1. The molecule has 1 aromatic rings. The first-order chi connectivity index (χ1) is 8.16. The third kappa shape index (κ3) is 2.32. The van der Waals surface area contributed by atoms with Gasteiger partial charge in [0.25, 0.3) is 0 Å². The summed E-state index contributed by atoms with van der Waals surface area (Å²) >= 11 is 0. The highest BCUT2D eigenvalue weighted by molar-refractivity contribution is 5.33. The van der Waals surface area contributed by atoms with Crippen LogP contribution in [0, 0.1) is 5.92 Å². The summed E-state index contributed by atoms with van der Waals surface area (Å²) in [5, 5.41) is 9.60. The van der Waals surface area contributed by atoms with Gasteiger partial charge in [-0.25, -0.2) is 0 Å². The summed E-state index contributed by atoms with van der Waals surface area (Å²) in [4.78, 5) is 2.60.